The van der Waals surface area contributed by atoms with Gasteiger partial charge in [0.25, 0.3) is 5.91 Å². The molecule has 1 aromatic heterocycles. The average molecular weight is 378 g/mol. The molecule has 1 aliphatic heterocycles. The van der Waals surface area contributed by atoms with Gasteiger partial charge in [0, 0.05) is 35.6 Å². The van der Waals surface area contributed by atoms with Gasteiger partial charge in [0.05, 0.1) is 18.9 Å². The van der Waals surface area contributed by atoms with Crippen LogP contribution in [0.2, 0.25) is 0 Å². The van der Waals surface area contributed by atoms with Crippen LogP contribution in [0.4, 0.5) is 5.69 Å². The van der Waals surface area contributed by atoms with Crippen molar-refractivity contribution in [1.29, 1.82) is 0 Å². The standard InChI is InChI=1S/C22H26N4O2/c1-6-26-19-12-20(28-5)16(11-17(19)15(2)13-22(26,3)4)14-24-25-21(27)18-9-7-8-10-23-18/h7-14H,6H2,1-5H3,(H,25,27)/b24-14-. The fourth-order valence-electron chi connectivity index (χ4n) is 3.69. The van der Waals surface area contributed by atoms with Gasteiger partial charge in [-0.15, -0.1) is 0 Å². The van der Waals surface area contributed by atoms with Crippen LogP contribution in [0.25, 0.3) is 5.57 Å². The van der Waals surface area contributed by atoms with Crippen LogP contribution >= 0.6 is 0 Å². The van der Waals surface area contributed by atoms with Gasteiger partial charge < -0.3 is 9.64 Å². The van der Waals surface area contributed by atoms with Gasteiger partial charge in [0.2, 0.25) is 0 Å². The summed E-state index contributed by atoms with van der Waals surface area (Å²) < 4.78 is 5.59. The Morgan fingerprint density at radius 1 is 1.36 bits per heavy atom. The van der Waals surface area contributed by atoms with E-state index in [0.717, 1.165) is 23.4 Å². The molecule has 1 N–H and O–H groups in total. The Bertz CT molecular complexity index is 933. The summed E-state index contributed by atoms with van der Waals surface area (Å²) in [6.45, 7) is 9.56. The number of benzene rings is 1. The first-order valence-corrected chi connectivity index (χ1v) is 9.31. The van der Waals surface area contributed by atoms with Crippen LogP contribution < -0.4 is 15.1 Å². The summed E-state index contributed by atoms with van der Waals surface area (Å²) in [4.78, 5) is 18.5. The number of ether oxygens (including phenoxy) is 1. The second kappa shape index (κ2) is 7.84. The fourth-order valence-corrected chi connectivity index (χ4v) is 3.69. The summed E-state index contributed by atoms with van der Waals surface area (Å²) in [5.41, 5.74) is 7.04. The average Bonchev–Trinajstić information content (AvgIpc) is 2.68. The number of rotatable bonds is 5. The Morgan fingerprint density at radius 3 is 2.79 bits per heavy atom. The molecule has 6 heteroatoms. The van der Waals surface area contributed by atoms with Gasteiger partial charge in [-0.25, -0.2) is 5.43 Å². The number of nitrogens with one attached hydrogen (secondary N) is 1. The number of hydrazone groups is 1. The van der Waals surface area contributed by atoms with Crippen molar-refractivity contribution in [2.75, 3.05) is 18.6 Å². The van der Waals surface area contributed by atoms with E-state index in [1.807, 2.05) is 12.1 Å². The maximum absolute atomic E-state index is 12.1. The highest BCUT2D eigenvalue weighted by atomic mass is 16.5. The van der Waals surface area contributed by atoms with E-state index in [1.54, 1.807) is 37.7 Å². The second-order valence-corrected chi connectivity index (χ2v) is 7.25. The van der Waals surface area contributed by atoms with Gasteiger partial charge in [0.1, 0.15) is 11.4 Å². The third kappa shape index (κ3) is 3.76. The molecule has 28 heavy (non-hydrogen) atoms. The molecular formula is C22H26N4O2. The molecule has 146 valence electrons. The van der Waals surface area contributed by atoms with Gasteiger partial charge >= 0.3 is 0 Å². The minimum absolute atomic E-state index is 0.0664. The molecule has 0 spiro atoms. The van der Waals surface area contributed by atoms with Crippen molar-refractivity contribution in [2.24, 2.45) is 5.10 Å². The molecule has 0 fully saturated rings. The number of likely N-dealkylation sites (N-methyl/N-ethyl adjacent to an activating group) is 1. The van der Waals surface area contributed by atoms with E-state index in [-0.39, 0.29) is 11.4 Å². The molecule has 0 atom stereocenters. The highest BCUT2D eigenvalue weighted by Gasteiger charge is 2.31. The lowest BCUT2D eigenvalue weighted by Gasteiger charge is -2.43. The molecule has 0 aliphatic carbocycles. The van der Waals surface area contributed by atoms with Crippen LogP contribution in [-0.4, -0.2) is 36.3 Å². The Kier molecular flexibility index (Phi) is 5.49. The number of hydrogen-bond donors (Lipinski definition) is 1. The molecule has 1 amide bonds. The zero-order chi connectivity index (χ0) is 20.3. The molecule has 0 unspecified atom stereocenters. The van der Waals surface area contributed by atoms with Crippen molar-refractivity contribution in [3.05, 3.63) is 59.4 Å². The van der Waals surface area contributed by atoms with E-state index >= 15 is 0 Å². The molecule has 2 heterocycles. The van der Waals surface area contributed by atoms with Gasteiger partial charge in [0.15, 0.2) is 0 Å². The van der Waals surface area contributed by atoms with Gasteiger partial charge in [-0.2, -0.15) is 5.10 Å². The number of amides is 1. The van der Waals surface area contributed by atoms with Crippen molar-refractivity contribution >= 4 is 23.4 Å². The Hall–Kier alpha value is -3.15. The zero-order valence-electron chi connectivity index (χ0n) is 17.0. The first-order valence-electron chi connectivity index (χ1n) is 9.31. The molecule has 3 rings (SSSR count). The van der Waals surface area contributed by atoms with Crippen LogP contribution in [0.5, 0.6) is 5.75 Å². The lowest BCUT2D eigenvalue weighted by atomic mass is 9.88. The third-order valence-electron chi connectivity index (χ3n) is 4.91. The summed E-state index contributed by atoms with van der Waals surface area (Å²) in [6, 6.07) is 9.25. The van der Waals surface area contributed by atoms with Crippen molar-refractivity contribution in [2.45, 2.75) is 33.2 Å². The number of fused-ring (bicyclic) bond motifs is 1. The zero-order valence-corrected chi connectivity index (χ0v) is 17.0. The highest BCUT2D eigenvalue weighted by Crippen LogP contribution is 2.41. The van der Waals surface area contributed by atoms with E-state index in [1.165, 1.54) is 5.57 Å². The molecule has 0 bridgehead atoms. The Balaban J connectivity index is 1.91. The number of allylic oxidation sites excluding steroid dienone is 1. The Morgan fingerprint density at radius 2 is 2.14 bits per heavy atom. The quantitative estimate of drug-likeness (QED) is 0.633. The van der Waals surface area contributed by atoms with Crippen molar-refractivity contribution in [3.63, 3.8) is 0 Å². The largest absolute Gasteiger partial charge is 0.496 e. The summed E-state index contributed by atoms with van der Waals surface area (Å²) in [6.07, 6.45) is 5.44. The first kappa shape index (κ1) is 19.6. The molecule has 0 radical (unpaired) electrons. The van der Waals surface area contributed by atoms with E-state index in [0.29, 0.717) is 11.4 Å². The normalized spacial score (nSPS) is 15.2. The summed E-state index contributed by atoms with van der Waals surface area (Å²) >= 11 is 0. The van der Waals surface area contributed by atoms with Crippen molar-refractivity contribution in [3.8, 4) is 5.75 Å². The SMILES string of the molecule is CCN1c2cc(OC)c(/C=N\NC(=O)c3ccccn3)cc2C(C)=CC1(C)C. The van der Waals surface area contributed by atoms with Crippen molar-refractivity contribution < 1.29 is 9.53 Å². The topological polar surface area (TPSA) is 66.8 Å². The van der Waals surface area contributed by atoms with Gasteiger partial charge in [-0.3, -0.25) is 9.78 Å². The lowest BCUT2D eigenvalue weighted by molar-refractivity contribution is 0.0950. The maximum Gasteiger partial charge on any atom is 0.289 e. The molecule has 0 saturated heterocycles. The van der Waals surface area contributed by atoms with E-state index < -0.39 is 0 Å². The van der Waals surface area contributed by atoms with E-state index in [9.17, 15) is 4.79 Å². The molecule has 6 nitrogen and oxygen atoms in total. The summed E-state index contributed by atoms with van der Waals surface area (Å²) in [5.74, 6) is 0.349. The summed E-state index contributed by atoms with van der Waals surface area (Å²) in [5, 5.41) is 4.09. The molecular weight excluding hydrogens is 352 g/mol. The number of methoxy groups -OCH3 is 1. The predicted octanol–water partition coefficient (Wildman–Crippen LogP) is 3.88. The van der Waals surface area contributed by atoms with Crippen LogP contribution in [0.3, 0.4) is 0 Å². The van der Waals surface area contributed by atoms with Crippen LogP contribution in [0.15, 0.2) is 47.7 Å². The van der Waals surface area contributed by atoms with E-state index in [2.05, 4.69) is 54.2 Å². The number of aromatic nitrogens is 1. The number of anilines is 1. The van der Waals surface area contributed by atoms with Crippen LogP contribution in [0, 0.1) is 0 Å². The molecule has 0 saturated carbocycles. The van der Waals surface area contributed by atoms with E-state index in [4.69, 9.17) is 4.74 Å². The fraction of sp³-hybridized carbons (Fsp3) is 0.318. The number of carbonyl (C=O) groups excluding carboxylic acids is 1. The van der Waals surface area contributed by atoms with Crippen molar-refractivity contribution in [1.82, 2.24) is 10.4 Å². The van der Waals surface area contributed by atoms with Crippen LogP contribution in [0.1, 0.15) is 49.3 Å². The maximum atomic E-state index is 12.1. The number of carbonyl (C=O) groups is 1. The molecule has 1 aliphatic rings. The molecule has 2 aromatic rings. The number of hydrogen-bond acceptors (Lipinski definition) is 5. The lowest BCUT2D eigenvalue weighted by Crippen LogP contribution is -2.44. The monoisotopic (exact) mass is 378 g/mol. The first-order chi connectivity index (χ1) is 13.4. The minimum Gasteiger partial charge on any atom is -0.496 e. The Labute approximate surface area is 165 Å². The third-order valence-corrected chi connectivity index (χ3v) is 4.91. The number of pyridine rings is 1. The summed E-state index contributed by atoms with van der Waals surface area (Å²) in [7, 11) is 1.64. The highest BCUT2D eigenvalue weighted by molar-refractivity contribution is 5.94. The van der Waals surface area contributed by atoms with Gasteiger partial charge in [-0.05, 0) is 51.5 Å². The smallest absolute Gasteiger partial charge is 0.289 e. The second-order valence-electron chi connectivity index (χ2n) is 7.25. The minimum atomic E-state index is -0.358. The van der Waals surface area contributed by atoms with Crippen LogP contribution in [-0.2, 0) is 0 Å². The molecule has 1 aromatic carbocycles. The van der Waals surface area contributed by atoms with Gasteiger partial charge in [-0.1, -0.05) is 12.1 Å². The number of nitrogens with zero attached hydrogens (tertiary/aromatic N) is 3. The predicted molar refractivity (Wildman–Crippen MR) is 113 cm³/mol.